The molecule has 0 aliphatic carbocycles. The predicted molar refractivity (Wildman–Crippen MR) is 144 cm³/mol. The number of aliphatic carboxylic acids is 1. The van der Waals surface area contributed by atoms with Crippen molar-refractivity contribution < 1.29 is 34.3 Å². The van der Waals surface area contributed by atoms with Gasteiger partial charge in [0, 0.05) is 29.9 Å². The van der Waals surface area contributed by atoms with Crippen LogP contribution in [0.25, 0.3) is 10.9 Å². The molecule has 0 unspecified atom stereocenters. The number of carboxylic acids is 1. The fourth-order valence-electron chi connectivity index (χ4n) is 4.18. The number of fused-ring (bicyclic) bond motifs is 1. The Morgan fingerprint density at radius 2 is 1.44 bits per heavy atom. The lowest BCUT2D eigenvalue weighted by Crippen LogP contribution is -2.59. The molecular formula is C27H39N5O7. The molecule has 0 aliphatic rings. The Balaban J connectivity index is 2.22. The Hall–Kier alpha value is -3.93. The van der Waals surface area contributed by atoms with Gasteiger partial charge in [-0.25, -0.2) is 5.48 Å². The van der Waals surface area contributed by atoms with Gasteiger partial charge in [0.05, 0.1) is 6.42 Å². The van der Waals surface area contributed by atoms with Crippen LogP contribution < -0.4 is 21.4 Å². The number of rotatable bonds is 15. The molecule has 1 heterocycles. The Morgan fingerprint density at radius 3 is 2.03 bits per heavy atom. The summed E-state index contributed by atoms with van der Waals surface area (Å²) in [6.07, 6.45) is 2.22. The summed E-state index contributed by atoms with van der Waals surface area (Å²) < 4.78 is 0. The highest BCUT2D eigenvalue weighted by molar-refractivity contribution is 5.95. The molecule has 12 nitrogen and oxygen atoms in total. The molecule has 39 heavy (non-hydrogen) atoms. The molecule has 214 valence electrons. The normalized spacial score (nSPS) is 14.9. The van der Waals surface area contributed by atoms with Gasteiger partial charge in [-0.3, -0.25) is 29.2 Å². The number of carbonyl (C=O) groups is 5. The molecule has 1 aromatic carbocycles. The minimum absolute atomic E-state index is 0.0818. The van der Waals surface area contributed by atoms with Gasteiger partial charge >= 0.3 is 5.97 Å². The Labute approximate surface area is 227 Å². The summed E-state index contributed by atoms with van der Waals surface area (Å²) in [6, 6.07) is 4.30. The van der Waals surface area contributed by atoms with Gasteiger partial charge in [-0.1, -0.05) is 58.7 Å². The number of benzene rings is 1. The van der Waals surface area contributed by atoms with Gasteiger partial charge in [0.15, 0.2) is 0 Å². The highest BCUT2D eigenvalue weighted by atomic mass is 16.5. The van der Waals surface area contributed by atoms with Crippen molar-refractivity contribution in [1.29, 1.82) is 0 Å². The standard InChI is InChI=1S/C27H39N5O7/c1-5-15(3)23(30-21(33)11-12-22(34)35)27(38)31-24(16(4)6-2)26(37)29-20(25(36)32-39)13-17-14-28-19-10-8-7-9-18(17)19/h7-10,14-16,20,23-24,28,39H,5-6,11-13H2,1-4H3,(H,29,37)(H,30,33)(H,31,38)(H,32,36)(H,34,35)/t15-,16-,20-,23-,24-/m0/s1. The van der Waals surface area contributed by atoms with E-state index < -0.39 is 47.7 Å². The maximum absolute atomic E-state index is 13.4. The van der Waals surface area contributed by atoms with Crippen LogP contribution in [0.4, 0.5) is 0 Å². The average molecular weight is 546 g/mol. The van der Waals surface area contributed by atoms with E-state index in [4.69, 9.17) is 5.11 Å². The summed E-state index contributed by atoms with van der Waals surface area (Å²) in [5, 5.41) is 27.0. The van der Waals surface area contributed by atoms with Gasteiger partial charge in [-0.05, 0) is 23.5 Å². The first-order chi connectivity index (χ1) is 18.5. The molecule has 2 aromatic rings. The van der Waals surface area contributed by atoms with Crippen LogP contribution in [0.3, 0.4) is 0 Å². The molecule has 0 fully saturated rings. The molecule has 12 heteroatoms. The van der Waals surface area contributed by atoms with Crippen LogP contribution in [0.5, 0.6) is 0 Å². The maximum atomic E-state index is 13.4. The molecule has 0 bridgehead atoms. The third-order valence-corrected chi connectivity index (χ3v) is 7.01. The van der Waals surface area contributed by atoms with Crippen molar-refractivity contribution in [2.45, 2.75) is 77.9 Å². The summed E-state index contributed by atoms with van der Waals surface area (Å²) in [5.74, 6) is -4.36. The average Bonchev–Trinajstić information content (AvgIpc) is 3.34. The molecule has 7 N–H and O–H groups in total. The topological polar surface area (TPSA) is 190 Å². The molecule has 2 rings (SSSR count). The number of para-hydroxylation sites is 1. The maximum Gasteiger partial charge on any atom is 0.303 e. The summed E-state index contributed by atoms with van der Waals surface area (Å²) in [6.45, 7) is 7.23. The van der Waals surface area contributed by atoms with Crippen LogP contribution >= 0.6 is 0 Å². The molecule has 0 aliphatic heterocycles. The monoisotopic (exact) mass is 545 g/mol. The number of carbonyl (C=O) groups excluding carboxylic acids is 4. The van der Waals surface area contributed by atoms with Crippen LogP contribution in [0.1, 0.15) is 58.9 Å². The number of carboxylic acid groups (broad SMARTS) is 1. The summed E-state index contributed by atoms with van der Waals surface area (Å²) in [5.41, 5.74) is 3.20. The van der Waals surface area contributed by atoms with E-state index in [2.05, 4.69) is 20.9 Å². The fourth-order valence-corrected chi connectivity index (χ4v) is 4.18. The Bertz CT molecular complexity index is 1160. The number of amides is 4. The molecule has 5 atom stereocenters. The Kier molecular flexibility index (Phi) is 11.9. The van der Waals surface area contributed by atoms with E-state index in [0.717, 1.165) is 16.5 Å². The minimum atomic E-state index is -1.13. The molecular weight excluding hydrogens is 506 g/mol. The SMILES string of the molecule is CC[C@H](C)[C@H](NC(=O)CCC(=O)O)C(=O)N[C@H](C(=O)N[C@@H](Cc1c[nH]c2ccccc12)C(=O)NO)[C@@H](C)CC. The van der Waals surface area contributed by atoms with Crippen molar-refractivity contribution in [3.63, 3.8) is 0 Å². The van der Waals surface area contributed by atoms with Crippen molar-refractivity contribution in [2.24, 2.45) is 11.8 Å². The third kappa shape index (κ3) is 8.81. The lowest BCUT2D eigenvalue weighted by molar-refractivity contribution is -0.139. The largest absolute Gasteiger partial charge is 0.481 e. The first kappa shape index (κ1) is 31.3. The second-order valence-electron chi connectivity index (χ2n) is 9.80. The highest BCUT2D eigenvalue weighted by Gasteiger charge is 2.34. The van der Waals surface area contributed by atoms with E-state index in [1.54, 1.807) is 25.5 Å². The number of nitrogens with one attached hydrogen (secondary N) is 5. The van der Waals surface area contributed by atoms with Crippen LogP contribution in [0, 0.1) is 11.8 Å². The number of H-pyrrole nitrogens is 1. The van der Waals surface area contributed by atoms with Gasteiger partial charge in [0.1, 0.15) is 18.1 Å². The zero-order valence-corrected chi connectivity index (χ0v) is 22.7. The first-order valence-electron chi connectivity index (χ1n) is 13.1. The molecule has 4 amide bonds. The van der Waals surface area contributed by atoms with E-state index in [-0.39, 0.29) is 31.1 Å². The van der Waals surface area contributed by atoms with Crippen molar-refractivity contribution in [1.82, 2.24) is 26.4 Å². The molecule has 0 spiro atoms. The van der Waals surface area contributed by atoms with E-state index in [1.165, 1.54) is 0 Å². The number of aromatic amines is 1. The van der Waals surface area contributed by atoms with E-state index in [9.17, 15) is 29.2 Å². The van der Waals surface area contributed by atoms with Crippen molar-refractivity contribution in [3.05, 3.63) is 36.0 Å². The van der Waals surface area contributed by atoms with Crippen LogP contribution in [-0.2, 0) is 30.4 Å². The van der Waals surface area contributed by atoms with Crippen LogP contribution in [0.15, 0.2) is 30.5 Å². The molecule has 0 saturated heterocycles. The predicted octanol–water partition coefficient (Wildman–Crippen LogP) is 1.63. The number of hydrogen-bond donors (Lipinski definition) is 7. The zero-order valence-electron chi connectivity index (χ0n) is 22.7. The quantitative estimate of drug-likeness (QED) is 0.131. The van der Waals surface area contributed by atoms with E-state index in [0.29, 0.717) is 12.8 Å². The molecule has 1 aromatic heterocycles. The second-order valence-corrected chi connectivity index (χ2v) is 9.80. The van der Waals surface area contributed by atoms with Crippen LogP contribution in [0.2, 0.25) is 0 Å². The lowest BCUT2D eigenvalue weighted by atomic mass is 9.94. The second kappa shape index (κ2) is 14.9. The van der Waals surface area contributed by atoms with Crippen LogP contribution in [-0.4, -0.2) is 63.0 Å². The van der Waals surface area contributed by atoms with Crippen molar-refractivity contribution >= 4 is 40.5 Å². The summed E-state index contributed by atoms with van der Waals surface area (Å²) in [7, 11) is 0. The number of hydrogen-bond acceptors (Lipinski definition) is 6. The highest BCUT2D eigenvalue weighted by Crippen LogP contribution is 2.20. The number of hydroxylamine groups is 1. The van der Waals surface area contributed by atoms with Gasteiger partial charge in [0.25, 0.3) is 5.91 Å². The van der Waals surface area contributed by atoms with Gasteiger partial charge < -0.3 is 26.0 Å². The Morgan fingerprint density at radius 1 is 0.846 bits per heavy atom. The summed E-state index contributed by atoms with van der Waals surface area (Å²) >= 11 is 0. The lowest BCUT2D eigenvalue weighted by Gasteiger charge is -2.29. The van der Waals surface area contributed by atoms with Gasteiger partial charge in [0.2, 0.25) is 17.7 Å². The fraction of sp³-hybridized carbons (Fsp3) is 0.519. The van der Waals surface area contributed by atoms with Gasteiger partial charge in [-0.2, -0.15) is 0 Å². The number of aromatic nitrogens is 1. The minimum Gasteiger partial charge on any atom is -0.481 e. The molecule has 0 saturated carbocycles. The van der Waals surface area contributed by atoms with Gasteiger partial charge in [-0.15, -0.1) is 0 Å². The van der Waals surface area contributed by atoms with Crippen molar-refractivity contribution in [2.75, 3.05) is 0 Å². The van der Waals surface area contributed by atoms with E-state index >= 15 is 0 Å². The third-order valence-electron chi connectivity index (χ3n) is 7.01. The van der Waals surface area contributed by atoms with E-state index in [1.807, 2.05) is 38.1 Å². The zero-order chi connectivity index (χ0) is 29.1. The van der Waals surface area contributed by atoms with Crippen molar-refractivity contribution in [3.8, 4) is 0 Å². The first-order valence-corrected chi connectivity index (χ1v) is 13.1. The smallest absolute Gasteiger partial charge is 0.303 e. The molecule has 0 radical (unpaired) electrons. The summed E-state index contributed by atoms with van der Waals surface area (Å²) in [4.78, 5) is 65.4.